The summed E-state index contributed by atoms with van der Waals surface area (Å²) in [5.74, 6) is -0.206. The van der Waals surface area contributed by atoms with Gasteiger partial charge in [0, 0.05) is 58.2 Å². The van der Waals surface area contributed by atoms with Crippen LogP contribution in [0.15, 0.2) is 48.8 Å². The smallest absolute Gasteiger partial charge is 0.317 e. The van der Waals surface area contributed by atoms with E-state index in [0.29, 0.717) is 6.54 Å². The number of benzene rings is 1. The van der Waals surface area contributed by atoms with Gasteiger partial charge in [-0.25, -0.2) is 9.18 Å². The lowest BCUT2D eigenvalue weighted by Gasteiger charge is -2.34. The van der Waals surface area contributed by atoms with E-state index in [1.54, 1.807) is 0 Å². The second-order valence-electron chi connectivity index (χ2n) is 6.40. The number of aryl methyl sites for hydroxylation is 1. The van der Waals surface area contributed by atoms with Gasteiger partial charge in [0.1, 0.15) is 5.82 Å². The molecule has 1 aromatic heterocycles. The van der Waals surface area contributed by atoms with Crippen molar-refractivity contribution in [1.29, 1.82) is 0 Å². The van der Waals surface area contributed by atoms with Crippen LogP contribution in [0.25, 0.3) is 0 Å². The first-order valence-electron chi connectivity index (χ1n) is 8.81. The summed E-state index contributed by atoms with van der Waals surface area (Å²) < 4.78 is 15.1. The van der Waals surface area contributed by atoms with Gasteiger partial charge in [-0.15, -0.1) is 0 Å². The standard InChI is InChI=1S/C19H25FN4O/c20-18-6-4-17(5-7-18)16-23-12-14-24(15-13-23)19(25)21-8-3-11-22-9-1-2-10-22/h1-2,4-7,9-10H,3,8,11-16H2,(H,21,25). The number of carbonyl (C=O) groups excluding carboxylic acids is 1. The van der Waals surface area contributed by atoms with E-state index in [1.165, 1.54) is 12.1 Å². The average molecular weight is 344 g/mol. The molecule has 0 atom stereocenters. The highest BCUT2D eigenvalue weighted by Gasteiger charge is 2.20. The van der Waals surface area contributed by atoms with Gasteiger partial charge in [-0.3, -0.25) is 4.90 Å². The number of amides is 2. The molecule has 1 N–H and O–H groups in total. The third-order valence-electron chi connectivity index (χ3n) is 4.51. The summed E-state index contributed by atoms with van der Waals surface area (Å²) in [6.45, 7) is 5.54. The Kier molecular flexibility index (Phi) is 6.06. The number of halogens is 1. The Bertz CT molecular complexity index is 649. The van der Waals surface area contributed by atoms with E-state index in [2.05, 4.69) is 14.8 Å². The number of nitrogens with zero attached hydrogens (tertiary/aromatic N) is 3. The fourth-order valence-corrected chi connectivity index (χ4v) is 3.05. The second-order valence-corrected chi connectivity index (χ2v) is 6.40. The molecule has 1 aliphatic rings. The molecule has 1 aliphatic heterocycles. The third kappa shape index (κ3) is 5.32. The number of rotatable bonds is 6. The highest BCUT2D eigenvalue weighted by Crippen LogP contribution is 2.09. The molecule has 1 saturated heterocycles. The molecular formula is C19H25FN4O. The van der Waals surface area contributed by atoms with Gasteiger partial charge in [0.25, 0.3) is 0 Å². The zero-order valence-electron chi connectivity index (χ0n) is 14.4. The second kappa shape index (κ2) is 8.67. The SMILES string of the molecule is O=C(NCCCn1cccc1)N1CCN(Cc2ccc(F)cc2)CC1. The van der Waals surface area contributed by atoms with E-state index >= 15 is 0 Å². The number of aromatic nitrogens is 1. The maximum atomic E-state index is 12.9. The van der Waals surface area contributed by atoms with Gasteiger partial charge in [0.2, 0.25) is 0 Å². The number of carbonyl (C=O) groups is 1. The number of urea groups is 1. The zero-order valence-corrected chi connectivity index (χ0v) is 14.4. The first kappa shape index (κ1) is 17.5. The van der Waals surface area contributed by atoms with Crippen LogP contribution in [0.5, 0.6) is 0 Å². The predicted molar refractivity (Wildman–Crippen MR) is 95.7 cm³/mol. The minimum absolute atomic E-state index is 0.0222. The van der Waals surface area contributed by atoms with E-state index in [4.69, 9.17) is 0 Å². The largest absolute Gasteiger partial charge is 0.354 e. The Morgan fingerprint density at radius 2 is 1.72 bits per heavy atom. The van der Waals surface area contributed by atoms with Gasteiger partial charge in [0.15, 0.2) is 0 Å². The molecule has 5 nitrogen and oxygen atoms in total. The Labute approximate surface area is 148 Å². The van der Waals surface area contributed by atoms with Crippen molar-refractivity contribution in [2.45, 2.75) is 19.5 Å². The van der Waals surface area contributed by atoms with Crippen molar-refractivity contribution >= 4 is 6.03 Å². The van der Waals surface area contributed by atoms with E-state index < -0.39 is 0 Å². The molecule has 3 rings (SSSR count). The predicted octanol–water partition coefficient (Wildman–Crippen LogP) is 2.54. The summed E-state index contributed by atoms with van der Waals surface area (Å²) in [5.41, 5.74) is 1.10. The molecule has 0 saturated carbocycles. The number of nitrogens with one attached hydrogen (secondary N) is 1. The van der Waals surface area contributed by atoms with Crippen LogP contribution in [0, 0.1) is 5.82 Å². The third-order valence-corrected chi connectivity index (χ3v) is 4.51. The van der Waals surface area contributed by atoms with Crippen LogP contribution in [-0.4, -0.2) is 53.1 Å². The Hall–Kier alpha value is -2.34. The van der Waals surface area contributed by atoms with Crippen LogP contribution in [-0.2, 0) is 13.1 Å². The fourth-order valence-electron chi connectivity index (χ4n) is 3.05. The molecular weight excluding hydrogens is 319 g/mol. The molecule has 1 fully saturated rings. The summed E-state index contributed by atoms with van der Waals surface area (Å²) in [7, 11) is 0. The molecule has 2 aromatic rings. The fraction of sp³-hybridized carbons (Fsp3) is 0.421. The average Bonchev–Trinajstić information content (AvgIpc) is 3.15. The number of hydrogen-bond acceptors (Lipinski definition) is 2. The van der Waals surface area contributed by atoms with Gasteiger partial charge in [-0.05, 0) is 36.2 Å². The molecule has 0 bridgehead atoms. The summed E-state index contributed by atoms with van der Waals surface area (Å²) >= 11 is 0. The molecule has 0 spiro atoms. The van der Waals surface area contributed by atoms with E-state index in [-0.39, 0.29) is 11.8 Å². The molecule has 2 amide bonds. The zero-order chi connectivity index (χ0) is 17.5. The maximum Gasteiger partial charge on any atom is 0.317 e. The highest BCUT2D eigenvalue weighted by molar-refractivity contribution is 5.74. The minimum Gasteiger partial charge on any atom is -0.354 e. The van der Waals surface area contributed by atoms with E-state index in [9.17, 15) is 9.18 Å². The van der Waals surface area contributed by atoms with Crippen LogP contribution < -0.4 is 5.32 Å². The number of hydrogen-bond donors (Lipinski definition) is 1. The summed E-state index contributed by atoms with van der Waals surface area (Å²) in [4.78, 5) is 16.4. The lowest BCUT2D eigenvalue weighted by molar-refractivity contribution is 0.135. The number of piperazine rings is 1. The molecule has 25 heavy (non-hydrogen) atoms. The topological polar surface area (TPSA) is 40.5 Å². The van der Waals surface area contributed by atoms with Gasteiger partial charge in [-0.1, -0.05) is 12.1 Å². The monoisotopic (exact) mass is 344 g/mol. The van der Waals surface area contributed by atoms with Crippen molar-refractivity contribution in [1.82, 2.24) is 19.7 Å². The van der Waals surface area contributed by atoms with Crippen LogP contribution >= 0.6 is 0 Å². The first-order valence-corrected chi connectivity index (χ1v) is 8.81. The molecule has 0 radical (unpaired) electrons. The normalized spacial score (nSPS) is 15.3. The van der Waals surface area contributed by atoms with Crippen molar-refractivity contribution in [3.8, 4) is 0 Å². The summed E-state index contributed by atoms with van der Waals surface area (Å²) in [6.07, 6.45) is 4.98. The van der Waals surface area contributed by atoms with Crippen molar-refractivity contribution in [3.05, 3.63) is 60.2 Å². The van der Waals surface area contributed by atoms with Gasteiger partial charge < -0.3 is 14.8 Å². The molecule has 2 heterocycles. The summed E-state index contributed by atoms with van der Waals surface area (Å²) in [5, 5.41) is 3.00. The molecule has 134 valence electrons. The van der Waals surface area contributed by atoms with Crippen LogP contribution in [0.1, 0.15) is 12.0 Å². The van der Waals surface area contributed by atoms with Crippen molar-refractivity contribution in [2.24, 2.45) is 0 Å². The Morgan fingerprint density at radius 3 is 2.40 bits per heavy atom. The van der Waals surface area contributed by atoms with Gasteiger partial charge in [0.05, 0.1) is 0 Å². The van der Waals surface area contributed by atoms with Crippen molar-refractivity contribution in [3.63, 3.8) is 0 Å². The highest BCUT2D eigenvalue weighted by atomic mass is 19.1. The van der Waals surface area contributed by atoms with Gasteiger partial charge in [-0.2, -0.15) is 0 Å². The molecule has 1 aromatic carbocycles. The van der Waals surface area contributed by atoms with Crippen LogP contribution in [0.3, 0.4) is 0 Å². The van der Waals surface area contributed by atoms with Crippen LogP contribution in [0.4, 0.5) is 9.18 Å². The maximum absolute atomic E-state index is 12.9. The molecule has 6 heteroatoms. The van der Waals surface area contributed by atoms with E-state index in [1.807, 2.05) is 41.6 Å². The first-order chi connectivity index (χ1) is 12.2. The van der Waals surface area contributed by atoms with Crippen molar-refractivity contribution < 1.29 is 9.18 Å². The summed E-state index contributed by atoms with van der Waals surface area (Å²) in [6, 6.07) is 10.7. The van der Waals surface area contributed by atoms with Crippen molar-refractivity contribution in [2.75, 3.05) is 32.7 Å². The lowest BCUT2D eigenvalue weighted by Crippen LogP contribution is -2.51. The molecule has 0 aliphatic carbocycles. The van der Waals surface area contributed by atoms with E-state index in [0.717, 1.165) is 51.3 Å². The Balaban J connectivity index is 1.33. The molecule has 0 unspecified atom stereocenters. The Morgan fingerprint density at radius 1 is 1.04 bits per heavy atom. The lowest BCUT2D eigenvalue weighted by atomic mass is 10.2. The quantitative estimate of drug-likeness (QED) is 0.818. The minimum atomic E-state index is -0.206. The van der Waals surface area contributed by atoms with Gasteiger partial charge >= 0.3 is 6.03 Å². The van der Waals surface area contributed by atoms with Crippen LogP contribution in [0.2, 0.25) is 0 Å².